The van der Waals surface area contributed by atoms with Crippen molar-refractivity contribution in [2.75, 3.05) is 0 Å². The highest BCUT2D eigenvalue weighted by molar-refractivity contribution is 7.86. The Kier molecular flexibility index (Phi) is 10.5. The Labute approximate surface area is 256 Å². The van der Waals surface area contributed by atoms with Crippen LogP contribution in [0.25, 0.3) is 0 Å². The molecule has 0 bridgehead atoms. The predicted octanol–water partition coefficient (Wildman–Crippen LogP) is 5.19. The molecule has 5 unspecified atom stereocenters. The first-order chi connectivity index (χ1) is 21.3. The third-order valence-corrected chi connectivity index (χ3v) is 8.67. The van der Waals surface area contributed by atoms with Gasteiger partial charge in [-0.3, -0.25) is 14.3 Å². The van der Waals surface area contributed by atoms with Crippen LogP contribution in [0, 0.1) is 10.1 Å². The summed E-state index contributed by atoms with van der Waals surface area (Å²) in [4.78, 5) is 10.2. The third kappa shape index (κ3) is 8.14. The first kappa shape index (κ1) is 31.5. The monoisotopic (exact) mass is 619 g/mol. The van der Waals surface area contributed by atoms with Crippen LogP contribution in [0.2, 0.25) is 0 Å². The quantitative estimate of drug-likeness (QED) is 0.122. The minimum absolute atomic E-state index is 0.0663. The highest BCUT2D eigenvalue weighted by atomic mass is 32.2. The van der Waals surface area contributed by atoms with E-state index >= 15 is 0 Å². The summed E-state index contributed by atoms with van der Waals surface area (Å²) in [6, 6.07) is 32.5. The van der Waals surface area contributed by atoms with Crippen LogP contribution in [0.1, 0.15) is 23.1 Å². The summed E-state index contributed by atoms with van der Waals surface area (Å²) in [6.45, 7) is 0.429. The van der Waals surface area contributed by atoms with Gasteiger partial charge < -0.3 is 19.3 Å². The summed E-state index contributed by atoms with van der Waals surface area (Å²) < 4.78 is 51.4. The number of aliphatic hydroxyl groups excluding tert-OH is 1. The molecular formula is C33H33NO9S. The minimum Gasteiger partial charge on any atom is -0.388 e. The number of benzene rings is 4. The number of nitro benzene ring substituents is 1. The Balaban J connectivity index is 1.45. The summed E-state index contributed by atoms with van der Waals surface area (Å²) >= 11 is 0. The van der Waals surface area contributed by atoms with Gasteiger partial charge in [0, 0.05) is 18.6 Å². The van der Waals surface area contributed by atoms with Gasteiger partial charge in [-0.1, -0.05) is 91.0 Å². The molecule has 1 N–H and O–H groups in total. The predicted molar refractivity (Wildman–Crippen MR) is 161 cm³/mol. The normalized spacial score (nSPS) is 22.0. The van der Waals surface area contributed by atoms with Gasteiger partial charge in [0.15, 0.2) is 0 Å². The molecule has 0 amide bonds. The summed E-state index contributed by atoms with van der Waals surface area (Å²) in [7, 11) is -4.46. The zero-order valence-electron chi connectivity index (χ0n) is 23.8. The summed E-state index contributed by atoms with van der Waals surface area (Å²) in [6.07, 6.45) is -5.22. The fourth-order valence-electron chi connectivity index (χ4n) is 5.02. The molecule has 10 nitrogen and oxygen atoms in total. The lowest BCUT2D eigenvalue weighted by Gasteiger charge is -2.43. The number of non-ortho nitro benzene ring substituents is 1. The number of rotatable bonds is 13. The van der Waals surface area contributed by atoms with Crippen LogP contribution in [-0.4, -0.2) is 49.0 Å². The SMILES string of the molecule is O=[N+]([O-])c1ccc(S(=O)(=O)OC2C(OCc3ccccc3)CC(OCc3ccccc3)C(O)C2OCc2ccccc2)cc1. The van der Waals surface area contributed by atoms with Crippen molar-refractivity contribution in [3.8, 4) is 0 Å². The van der Waals surface area contributed by atoms with Gasteiger partial charge in [-0.25, -0.2) is 0 Å². The number of hydrogen-bond donors (Lipinski definition) is 1. The molecule has 1 aliphatic rings. The van der Waals surface area contributed by atoms with E-state index in [-0.39, 0.29) is 36.8 Å². The van der Waals surface area contributed by atoms with Gasteiger partial charge >= 0.3 is 0 Å². The fourth-order valence-corrected chi connectivity index (χ4v) is 6.12. The second kappa shape index (κ2) is 14.7. The standard InChI is InChI=1S/C33H33NO9S/c35-31-29(40-21-24-10-4-1-5-11-24)20-30(41-22-25-12-6-2-7-13-25)32(33(31)42-23-26-14-8-3-9-15-26)43-44(38,39)28-18-16-27(17-19-28)34(36)37/h1-19,29-33,35H,20-23H2. The first-order valence-corrected chi connectivity index (χ1v) is 15.5. The average molecular weight is 620 g/mol. The van der Waals surface area contributed by atoms with Gasteiger partial charge in [-0.05, 0) is 28.8 Å². The molecular weight excluding hydrogens is 586 g/mol. The van der Waals surface area contributed by atoms with E-state index in [9.17, 15) is 23.6 Å². The molecule has 4 aromatic carbocycles. The molecule has 5 atom stereocenters. The second-order valence-corrected chi connectivity index (χ2v) is 12.0. The maximum absolute atomic E-state index is 13.5. The van der Waals surface area contributed by atoms with E-state index in [1.54, 1.807) is 0 Å². The van der Waals surface area contributed by atoms with Gasteiger partial charge in [0.05, 0.1) is 41.8 Å². The van der Waals surface area contributed by atoms with Crippen LogP contribution in [0.15, 0.2) is 120 Å². The van der Waals surface area contributed by atoms with Gasteiger partial charge in [0.2, 0.25) is 0 Å². The Hall–Kier alpha value is -3.97. The van der Waals surface area contributed by atoms with Crippen molar-refractivity contribution in [2.45, 2.75) is 61.7 Å². The molecule has 230 valence electrons. The van der Waals surface area contributed by atoms with E-state index in [0.29, 0.717) is 0 Å². The summed E-state index contributed by atoms with van der Waals surface area (Å²) in [5.41, 5.74) is 2.32. The summed E-state index contributed by atoms with van der Waals surface area (Å²) in [5, 5.41) is 22.7. The topological polar surface area (TPSA) is 134 Å². The fraction of sp³-hybridized carbons (Fsp3) is 0.273. The highest BCUT2D eigenvalue weighted by Crippen LogP contribution is 2.34. The molecule has 4 aromatic rings. The molecule has 44 heavy (non-hydrogen) atoms. The Bertz CT molecular complexity index is 1590. The van der Waals surface area contributed by atoms with Crippen molar-refractivity contribution in [2.24, 2.45) is 0 Å². The van der Waals surface area contributed by atoms with Crippen molar-refractivity contribution in [3.63, 3.8) is 0 Å². The van der Waals surface area contributed by atoms with Crippen LogP contribution >= 0.6 is 0 Å². The number of nitrogens with zero attached hydrogens (tertiary/aromatic N) is 1. The zero-order valence-corrected chi connectivity index (χ0v) is 24.6. The van der Waals surface area contributed by atoms with Crippen LogP contribution < -0.4 is 0 Å². The minimum atomic E-state index is -4.46. The van der Waals surface area contributed by atoms with E-state index in [1.165, 1.54) is 0 Å². The number of hydrogen-bond acceptors (Lipinski definition) is 9. The van der Waals surface area contributed by atoms with Crippen molar-refractivity contribution in [1.82, 2.24) is 0 Å². The number of ether oxygens (including phenoxy) is 3. The zero-order chi connectivity index (χ0) is 30.9. The number of aliphatic hydroxyl groups is 1. The lowest BCUT2D eigenvalue weighted by atomic mass is 9.86. The molecule has 0 aromatic heterocycles. The largest absolute Gasteiger partial charge is 0.388 e. The maximum Gasteiger partial charge on any atom is 0.297 e. The molecule has 0 aliphatic heterocycles. The Morgan fingerprint density at radius 3 is 1.59 bits per heavy atom. The molecule has 0 heterocycles. The smallest absolute Gasteiger partial charge is 0.297 e. The van der Waals surface area contributed by atoms with E-state index in [4.69, 9.17) is 18.4 Å². The van der Waals surface area contributed by atoms with Crippen LogP contribution in [-0.2, 0) is 48.3 Å². The molecule has 0 saturated heterocycles. The van der Waals surface area contributed by atoms with Crippen LogP contribution in [0.4, 0.5) is 5.69 Å². The van der Waals surface area contributed by atoms with Crippen molar-refractivity contribution >= 4 is 15.8 Å². The number of nitro groups is 1. The van der Waals surface area contributed by atoms with Gasteiger partial charge in [0.1, 0.15) is 18.3 Å². The molecule has 0 radical (unpaired) electrons. The molecule has 5 rings (SSSR count). The van der Waals surface area contributed by atoms with Crippen LogP contribution in [0.5, 0.6) is 0 Å². The lowest BCUT2D eigenvalue weighted by molar-refractivity contribution is -0.384. The van der Waals surface area contributed by atoms with Gasteiger partial charge in [0.25, 0.3) is 15.8 Å². The second-order valence-electron chi connectivity index (χ2n) is 10.4. The summed E-state index contributed by atoms with van der Waals surface area (Å²) in [5.74, 6) is 0. The Morgan fingerprint density at radius 2 is 1.11 bits per heavy atom. The average Bonchev–Trinajstić information content (AvgIpc) is 3.05. The molecule has 1 aliphatic carbocycles. The Morgan fingerprint density at radius 1 is 0.659 bits per heavy atom. The van der Waals surface area contributed by atoms with E-state index in [1.807, 2.05) is 91.0 Å². The van der Waals surface area contributed by atoms with Gasteiger partial charge in [-0.2, -0.15) is 8.42 Å². The van der Waals surface area contributed by atoms with Crippen molar-refractivity contribution < 1.29 is 36.8 Å². The van der Waals surface area contributed by atoms with Crippen molar-refractivity contribution in [3.05, 3.63) is 142 Å². The first-order valence-electron chi connectivity index (χ1n) is 14.1. The highest BCUT2D eigenvalue weighted by Gasteiger charge is 2.49. The molecule has 1 fully saturated rings. The third-order valence-electron chi connectivity index (χ3n) is 7.35. The lowest BCUT2D eigenvalue weighted by Crippen LogP contribution is -2.59. The van der Waals surface area contributed by atoms with E-state index in [2.05, 4.69) is 0 Å². The maximum atomic E-state index is 13.5. The van der Waals surface area contributed by atoms with Crippen LogP contribution in [0.3, 0.4) is 0 Å². The van der Waals surface area contributed by atoms with E-state index < -0.39 is 45.6 Å². The van der Waals surface area contributed by atoms with E-state index in [0.717, 1.165) is 41.0 Å². The molecule has 0 spiro atoms. The van der Waals surface area contributed by atoms with Crippen molar-refractivity contribution in [1.29, 1.82) is 0 Å². The van der Waals surface area contributed by atoms with Gasteiger partial charge in [-0.15, -0.1) is 0 Å². The molecule has 11 heteroatoms. The molecule has 1 saturated carbocycles.